The fraction of sp³-hybridized carbons (Fsp3) is 0.955. The van der Waals surface area contributed by atoms with E-state index in [0.717, 1.165) is 44.4 Å². The van der Waals surface area contributed by atoms with Crippen LogP contribution in [-0.2, 0) is 9.53 Å². The third-order valence-corrected chi connectivity index (χ3v) is 7.42. The standard InChI is InChI=1S/C22H41N3O2.ClH/c1-4-24(5-2)15-16-27-22(26)19-9-8-14-25-17-18(11-12-21(19)25)20-10-6-7-13-23(20)3;/h18-21H,4-17H2,1-3H3;1H. The van der Waals surface area contributed by atoms with Crippen LogP contribution in [0.5, 0.6) is 0 Å². The van der Waals surface area contributed by atoms with Crippen LogP contribution in [0.3, 0.4) is 0 Å². The molecular weight excluding hydrogens is 374 g/mol. The summed E-state index contributed by atoms with van der Waals surface area (Å²) in [5.74, 6) is 0.939. The highest BCUT2D eigenvalue weighted by Gasteiger charge is 2.42. The van der Waals surface area contributed by atoms with Crippen LogP contribution in [0, 0.1) is 11.8 Å². The summed E-state index contributed by atoms with van der Waals surface area (Å²) in [7, 11) is 2.31. The molecule has 0 spiro atoms. The predicted molar refractivity (Wildman–Crippen MR) is 117 cm³/mol. The van der Waals surface area contributed by atoms with E-state index in [1.165, 1.54) is 51.7 Å². The number of carbonyl (C=O) groups is 1. The van der Waals surface area contributed by atoms with Crippen molar-refractivity contribution in [1.29, 1.82) is 0 Å². The maximum absolute atomic E-state index is 12.8. The second-order valence-corrected chi connectivity index (χ2v) is 8.89. The van der Waals surface area contributed by atoms with Crippen molar-refractivity contribution in [2.24, 2.45) is 11.8 Å². The van der Waals surface area contributed by atoms with Crippen LogP contribution in [0.4, 0.5) is 0 Å². The van der Waals surface area contributed by atoms with E-state index in [2.05, 4.69) is 35.6 Å². The van der Waals surface area contributed by atoms with Crippen molar-refractivity contribution >= 4 is 18.4 Å². The largest absolute Gasteiger partial charge is 0.464 e. The number of carbonyl (C=O) groups excluding carboxylic acids is 1. The number of ether oxygens (including phenoxy) is 1. The second-order valence-electron chi connectivity index (χ2n) is 8.89. The molecule has 28 heavy (non-hydrogen) atoms. The van der Waals surface area contributed by atoms with E-state index in [9.17, 15) is 4.79 Å². The van der Waals surface area contributed by atoms with Crippen LogP contribution < -0.4 is 0 Å². The van der Waals surface area contributed by atoms with Gasteiger partial charge in [0.2, 0.25) is 0 Å². The Hall–Kier alpha value is -0.360. The smallest absolute Gasteiger partial charge is 0.310 e. The van der Waals surface area contributed by atoms with Crippen LogP contribution in [0.25, 0.3) is 0 Å². The summed E-state index contributed by atoms with van der Waals surface area (Å²) in [6.07, 6.45) is 8.70. The van der Waals surface area contributed by atoms with Gasteiger partial charge < -0.3 is 14.5 Å². The summed E-state index contributed by atoms with van der Waals surface area (Å²) in [6.45, 7) is 11.4. The Bertz CT molecular complexity index is 475. The topological polar surface area (TPSA) is 36.0 Å². The molecule has 3 aliphatic rings. The number of likely N-dealkylation sites (N-methyl/N-ethyl adjacent to an activating group) is 1. The molecule has 0 aromatic rings. The number of hydrogen-bond donors (Lipinski definition) is 0. The molecular formula is C22H42ClN3O2. The molecule has 164 valence electrons. The van der Waals surface area contributed by atoms with Gasteiger partial charge in [0.15, 0.2) is 0 Å². The van der Waals surface area contributed by atoms with Gasteiger partial charge >= 0.3 is 5.97 Å². The fourth-order valence-corrected chi connectivity index (χ4v) is 5.72. The zero-order chi connectivity index (χ0) is 19.2. The van der Waals surface area contributed by atoms with E-state index in [-0.39, 0.29) is 24.3 Å². The van der Waals surface area contributed by atoms with Crippen LogP contribution in [0.15, 0.2) is 0 Å². The van der Waals surface area contributed by atoms with Crippen molar-refractivity contribution in [2.75, 3.05) is 52.9 Å². The lowest BCUT2D eigenvalue weighted by Crippen LogP contribution is -2.56. The molecule has 3 rings (SSSR count). The number of halogens is 1. The van der Waals surface area contributed by atoms with Gasteiger partial charge in [-0.15, -0.1) is 12.4 Å². The lowest BCUT2D eigenvalue weighted by molar-refractivity contribution is -0.155. The van der Waals surface area contributed by atoms with Gasteiger partial charge in [0.1, 0.15) is 6.61 Å². The molecule has 6 heteroatoms. The third-order valence-electron chi connectivity index (χ3n) is 7.42. The Morgan fingerprint density at radius 3 is 2.50 bits per heavy atom. The zero-order valence-corrected chi connectivity index (χ0v) is 19.1. The highest BCUT2D eigenvalue weighted by Crippen LogP contribution is 2.37. The molecule has 3 saturated heterocycles. The van der Waals surface area contributed by atoms with Crippen LogP contribution in [-0.4, -0.2) is 85.7 Å². The number of fused-ring (bicyclic) bond motifs is 1. The van der Waals surface area contributed by atoms with Crippen molar-refractivity contribution in [3.8, 4) is 0 Å². The average Bonchev–Trinajstić information content (AvgIpc) is 2.70. The predicted octanol–water partition coefficient (Wildman–Crippen LogP) is 3.27. The molecule has 0 aromatic heterocycles. The Kier molecular flexibility index (Phi) is 10.0. The Morgan fingerprint density at radius 1 is 1.00 bits per heavy atom. The van der Waals surface area contributed by atoms with Crippen molar-refractivity contribution < 1.29 is 9.53 Å². The summed E-state index contributed by atoms with van der Waals surface area (Å²) < 4.78 is 5.71. The molecule has 0 saturated carbocycles. The molecule has 4 unspecified atom stereocenters. The average molecular weight is 416 g/mol. The molecule has 0 radical (unpaired) electrons. The van der Waals surface area contributed by atoms with E-state index >= 15 is 0 Å². The lowest BCUT2D eigenvalue weighted by Gasteiger charge is -2.49. The molecule has 0 aliphatic carbocycles. The number of esters is 1. The molecule has 0 amide bonds. The monoisotopic (exact) mass is 415 g/mol. The van der Waals surface area contributed by atoms with E-state index in [4.69, 9.17) is 4.74 Å². The van der Waals surface area contributed by atoms with Gasteiger partial charge in [-0.3, -0.25) is 9.69 Å². The first-order chi connectivity index (χ1) is 13.1. The maximum atomic E-state index is 12.8. The summed E-state index contributed by atoms with van der Waals surface area (Å²) >= 11 is 0. The number of hydrogen-bond acceptors (Lipinski definition) is 5. The maximum Gasteiger partial charge on any atom is 0.310 e. The SMILES string of the molecule is CCN(CC)CCOC(=O)C1CCCN2CC(C3CCCCN3C)CCC12.Cl. The van der Waals surface area contributed by atoms with Crippen LogP contribution >= 0.6 is 12.4 Å². The molecule has 3 fully saturated rings. The highest BCUT2D eigenvalue weighted by molar-refractivity contribution is 5.85. The second kappa shape index (κ2) is 11.7. The van der Waals surface area contributed by atoms with Crippen LogP contribution in [0.1, 0.15) is 58.8 Å². The lowest BCUT2D eigenvalue weighted by atomic mass is 9.77. The van der Waals surface area contributed by atoms with Gasteiger partial charge in [-0.05, 0) is 77.7 Å². The van der Waals surface area contributed by atoms with Gasteiger partial charge in [0.25, 0.3) is 0 Å². The Labute approximate surface area is 178 Å². The molecule has 4 atom stereocenters. The first-order valence-corrected chi connectivity index (χ1v) is 11.5. The normalized spacial score (nSPS) is 31.9. The molecule has 5 nitrogen and oxygen atoms in total. The minimum atomic E-state index is 0. The van der Waals surface area contributed by atoms with E-state index < -0.39 is 0 Å². The van der Waals surface area contributed by atoms with Crippen molar-refractivity contribution in [3.05, 3.63) is 0 Å². The van der Waals surface area contributed by atoms with E-state index in [0.29, 0.717) is 12.6 Å². The Balaban J connectivity index is 0.00000280. The number of rotatable bonds is 7. The van der Waals surface area contributed by atoms with Gasteiger partial charge in [0.05, 0.1) is 5.92 Å². The van der Waals surface area contributed by atoms with Crippen molar-refractivity contribution in [1.82, 2.24) is 14.7 Å². The summed E-state index contributed by atoms with van der Waals surface area (Å²) in [6, 6.07) is 1.17. The van der Waals surface area contributed by atoms with Gasteiger partial charge in [0, 0.05) is 25.2 Å². The van der Waals surface area contributed by atoms with Crippen molar-refractivity contribution in [3.63, 3.8) is 0 Å². The van der Waals surface area contributed by atoms with Crippen LogP contribution in [0.2, 0.25) is 0 Å². The Morgan fingerprint density at radius 2 is 1.79 bits per heavy atom. The minimum absolute atomic E-state index is 0. The summed E-state index contributed by atoms with van der Waals surface area (Å²) in [5, 5.41) is 0. The van der Waals surface area contributed by atoms with Gasteiger partial charge in [-0.2, -0.15) is 0 Å². The first kappa shape index (κ1) is 23.9. The van der Waals surface area contributed by atoms with E-state index in [1.54, 1.807) is 0 Å². The van der Waals surface area contributed by atoms with Gasteiger partial charge in [-0.1, -0.05) is 20.3 Å². The first-order valence-electron chi connectivity index (χ1n) is 11.5. The van der Waals surface area contributed by atoms with Gasteiger partial charge in [-0.25, -0.2) is 0 Å². The fourth-order valence-electron chi connectivity index (χ4n) is 5.72. The summed E-state index contributed by atoms with van der Waals surface area (Å²) in [5.41, 5.74) is 0. The molecule has 0 N–H and O–H groups in total. The molecule has 0 aromatic carbocycles. The highest BCUT2D eigenvalue weighted by atomic mass is 35.5. The molecule has 3 heterocycles. The molecule has 3 aliphatic heterocycles. The zero-order valence-electron chi connectivity index (χ0n) is 18.3. The van der Waals surface area contributed by atoms with E-state index in [1.807, 2.05) is 0 Å². The van der Waals surface area contributed by atoms with Crippen molar-refractivity contribution in [2.45, 2.75) is 70.9 Å². The summed E-state index contributed by atoms with van der Waals surface area (Å²) in [4.78, 5) is 20.3. The molecule has 0 bridgehead atoms. The number of piperidine rings is 3. The number of nitrogens with zero attached hydrogens (tertiary/aromatic N) is 3. The quantitative estimate of drug-likeness (QED) is 0.596. The minimum Gasteiger partial charge on any atom is -0.464 e. The third kappa shape index (κ3) is 5.84. The number of likely N-dealkylation sites (tertiary alicyclic amines) is 1.